The number of benzene rings is 1. The standard InChI is InChI=1S/C15H18ClN3O/c1-10-15(16)13(19(4)17-10)9-14(20)11-5-7-12(8-6-11)18(2)3/h5-8H,9H2,1-4H3. The van der Waals surface area contributed by atoms with Gasteiger partial charge in [-0.15, -0.1) is 0 Å². The second kappa shape index (κ2) is 5.67. The lowest BCUT2D eigenvalue weighted by molar-refractivity contribution is 0.0991. The van der Waals surface area contributed by atoms with Crippen molar-refractivity contribution in [3.8, 4) is 0 Å². The molecule has 2 aromatic rings. The van der Waals surface area contributed by atoms with Crippen LogP contribution >= 0.6 is 11.6 Å². The molecule has 0 spiro atoms. The topological polar surface area (TPSA) is 38.1 Å². The van der Waals surface area contributed by atoms with Gasteiger partial charge in [-0.1, -0.05) is 11.6 Å². The Labute approximate surface area is 124 Å². The molecule has 20 heavy (non-hydrogen) atoms. The van der Waals surface area contributed by atoms with Crippen LogP contribution in [0.1, 0.15) is 21.7 Å². The van der Waals surface area contributed by atoms with E-state index in [1.165, 1.54) is 0 Å². The molecule has 0 N–H and O–H groups in total. The lowest BCUT2D eigenvalue weighted by Crippen LogP contribution is -2.10. The first-order chi connectivity index (χ1) is 9.40. The minimum absolute atomic E-state index is 0.0419. The van der Waals surface area contributed by atoms with Crippen LogP contribution in [0.4, 0.5) is 5.69 Å². The van der Waals surface area contributed by atoms with Crippen molar-refractivity contribution >= 4 is 23.1 Å². The summed E-state index contributed by atoms with van der Waals surface area (Å²) >= 11 is 6.17. The van der Waals surface area contributed by atoms with Gasteiger partial charge in [0.15, 0.2) is 5.78 Å². The van der Waals surface area contributed by atoms with Crippen LogP contribution in [-0.2, 0) is 13.5 Å². The number of nitrogens with zero attached hydrogens (tertiary/aromatic N) is 3. The van der Waals surface area contributed by atoms with Crippen molar-refractivity contribution < 1.29 is 4.79 Å². The third kappa shape index (κ3) is 2.85. The number of ketones is 1. The molecule has 0 aliphatic heterocycles. The van der Waals surface area contributed by atoms with E-state index in [0.717, 1.165) is 17.1 Å². The summed E-state index contributed by atoms with van der Waals surface area (Å²) in [6, 6.07) is 7.55. The fraction of sp³-hybridized carbons (Fsp3) is 0.333. The maximum Gasteiger partial charge on any atom is 0.168 e. The molecule has 0 amide bonds. The lowest BCUT2D eigenvalue weighted by atomic mass is 10.1. The van der Waals surface area contributed by atoms with Crippen molar-refractivity contribution in [3.05, 3.63) is 46.2 Å². The number of aryl methyl sites for hydroxylation is 2. The minimum Gasteiger partial charge on any atom is -0.378 e. The van der Waals surface area contributed by atoms with Gasteiger partial charge in [-0.25, -0.2) is 0 Å². The average molecular weight is 292 g/mol. The van der Waals surface area contributed by atoms with Crippen molar-refractivity contribution in [2.45, 2.75) is 13.3 Å². The van der Waals surface area contributed by atoms with Crippen LogP contribution in [-0.4, -0.2) is 29.7 Å². The van der Waals surface area contributed by atoms with E-state index in [0.29, 0.717) is 10.6 Å². The van der Waals surface area contributed by atoms with Crippen molar-refractivity contribution in [1.82, 2.24) is 9.78 Å². The summed E-state index contributed by atoms with van der Waals surface area (Å²) in [5, 5.41) is 4.80. The molecular weight excluding hydrogens is 274 g/mol. The highest BCUT2D eigenvalue weighted by molar-refractivity contribution is 6.32. The van der Waals surface area contributed by atoms with Gasteiger partial charge in [-0.3, -0.25) is 9.48 Å². The molecule has 2 rings (SSSR count). The highest BCUT2D eigenvalue weighted by Gasteiger charge is 2.16. The highest BCUT2D eigenvalue weighted by Crippen LogP contribution is 2.21. The van der Waals surface area contributed by atoms with Gasteiger partial charge in [-0.2, -0.15) is 5.10 Å². The molecule has 0 aliphatic rings. The Morgan fingerprint density at radius 2 is 1.90 bits per heavy atom. The Morgan fingerprint density at radius 1 is 1.30 bits per heavy atom. The molecule has 0 unspecified atom stereocenters. The number of Topliss-reactive ketones (excluding diaryl/α,β-unsaturated/α-hetero) is 1. The molecule has 1 heterocycles. The Balaban J connectivity index is 2.20. The number of hydrogen-bond donors (Lipinski definition) is 0. The third-order valence-corrected chi connectivity index (χ3v) is 3.79. The summed E-state index contributed by atoms with van der Waals surface area (Å²) in [4.78, 5) is 14.3. The Hall–Kier alpha value is -1.81. The highest BCUT2D eigenvalue weighted by atomic mass is 35.5. The predicted octanol–water partition coefficient (Wildman–Crippen LogP) is 2.87. The summed E-state index contributed by atoms with van der Waals surface area (Å²) in [7, 11) is 5.74. The third-order valence-electron chi connectivity index (χ3n) is 3.30. The summed E-state index contributed by atoms with van der Waals surface area (Å²) < 4.78 is 1.67. The van der Waals surface area contributed by atoms with Crippen LogP contribution in [0.15, 0.2) is 24.3 Å². The SMILES string of the molecule is Cc1nn(C)c(CC(=O)c2ccc(N(C)C)cc2)c1Cl. The van der Waals surface area contributed by atoms with E-state index >= 15 is 0 Å². The van der Waals surface area contributed by atoms with Crippen molar-refractivity contribution in [2.75, 3.05) is 19.0 Å². The predicted molar refractivity (Wildman–Crippen MR) is 81.8 cm³/mol. The monoisotopic (exact) mass is 291 g/mol. The number of carbonyl (C=O) groups excluding carboxylic acids is 1. The maximum atomic E-state index is 12.3. The maximum absolute atomic E-state index is 12.3. The molecule has 0 saturated carbocycles. The first-order valence-corrected chi connectivity index (χ1v) is 6.76. The molecule has 0 radical (unpaired) electrons. The zero-order chi connectivity index (χ0) is 14.9. The van der Waals surface area contributed by atoms with Gasteiger partial charge in [-0.05, 0) is 31.2 Å². The molecule has 0 aliphatic carbocycles. The normalized spacial score (nSPS) is 10.7. The second-order valence-corrected chi connectivity index (χ2v) is 5.39. The molecule has 1 aromatic heterocycles. The summed E-state index contributed by atoms with van der Waals surface area (Å²) in [6.45, 7) is 1.84. The first kappa shape index (κ1) is 14.6. The number of hydrogen-bond acceptors (Lipinski definition) is 3. The molecule has 0 saturated heterocycles. The number of anilines is 1. The van der Waals surface area contributed by atoms with Gasteiger partial charge in [0.05, 0.1) is 22.8 Å². The van der Waals surface area contributed by atoms with Gasteiger partial charge < -0.3 is 4.90 Å². The Kier molecular flexibility index (Phi) is 4.14. The van der Waals surface area contributed by atoms with Crippen LogP contribution in [0, 0.1) is 6.92 Å². The minimum atomic E-state index is 0.0419. The van der Waals surface area contributed by atoms with Gasteiger partial charge in [0.2, 0.25) is 0 Å². The smallest absolute Gasteiger partial charge is 0.168 e. The van der Waals surface area contributed by atoms with E-state index in [1.807, 2.05) is 50.2 Å². The zero-order valence-corrected chi connectivity index (χ0v) is 12.9. The second-order valence-electron chi connectivity index (χ2n) is 5.01. The number of rotatable bonds is 4. The molecule has 5 heteroatoms. The van der Waals surface area contributed by atoms with E-state index in [1.54, 1.807) is 11.7 Å². The van der Waals surface area contributed by atoms with Crippen LogP contribution in [0.25, 0.3) is 0 Å². The number of aromatic nitrogens is 2. The van der Waals surface area contributed by atoms with E-state index in [2.05, 4.69) is 5.10 Å². The van der Waals surface area contributed by atoms with Crippen LogP contribution in [0.3, 0.4) is 0 Å². The molecule has 0 bridgehead atoms. The molecule has 4 nitrogen and oxygen atoms in total. The van der Waals surface area contributed by atoms with Crippen molar-refractivity contribution in [1.29, 1.82) is 0 Å². The fourth-order valence-electron chi connectivity index (χ4n) is 2.07. The summed E-state index contributed by atoms with van der Waals surface area (Å²) in [5.74, 6) is 0.0419. The van der Waals surface area contributed by atoms with Crippen molar-refractivity contribution in [2.24, 2.45) is 7.05 Å². The van der Waals surface area contributed by atoms with Crippen LogP contribution in [0.2, 0.25) is 5.02 Å². The van der Waals surface area contributed by atoms with Gasteiger partial charge in [0, 0.05) is 32.4 Å². The Morgan fingerprint density at radius 3 is 2.35 bits per heavy atom. The first-order valence-electron chi connectivity index (χ1n) is 6.38. The van der Waals surface area contributed by atoms with E-state index in [4.69, 9.17) is 11.6 Å². The van der Waals surface area contributed by atoms with Gasteiger partial charge in [0.1, 0.15) is 0 Å². The number of carbonyl (C=O) groups is 1. The van der Waals surface area contributed by atoms with E-state index in [9.17, 15) is 4.79 Å². The average Bonchev–Trinajstić information content (AvgIpc) is 2.65. The molecule has 1 aromatic carbocycles. The Bertz CT molecular complexity index is 629. The van der Waals surface area contributed by atoms with E-state index < -0.39 is 0 Å². The van der Waals surface area contributed by atoms with Crippen LogP contribution in [0.5, 0.6) is 0 Å². The largest absolute Gasteiger partial charge is 0.378 e. The number of halogens is 1. The van der Waals surface area contributed by atoms with Crippen LogP contribution < -0.4 is 4.90 Å². The molecule has 106 valence electrons. The summed E-state index contributed by atoms with van der Waals surface area (Å²) in [5.41, 5.74) is 3.26. The molecule has 0 fully saturated rings. The quantitative estimate of drug-likeness (QED) is 0.813. The zero-order valence-electron chi connectivity index (χ0n) is 12.1. The fourth-order valence-corrected chi connectivity index (χ4v) is 2.30. The van der Waals surface area contributed by atoms with E-state index in [-0.39, 0.29) is 12.2 Å². The lowest BCUT2D eigenvalue weighted by Gasteiger charge is -2.12. The molecule has 0 atom stereocenters. The van der Waals surface area contributed by atoms with Gasteiger partial charge >= 0.3 is 0 Å². The van der Waals surface area contributed by atoms with Crippen molar-refractivity contribution in [3.63, 3.8) is 0 Å². The molecular formula is C15H18ClN3O. The van der Waals surface area contributed by atoms with Gasteiger partial charge in [0.25, 0.3) is 0 Å². The summed E-state index contributed by atoms with van der Waals surface area (Å²) in [6.07, 6.45) is 0.261.